The number of anilines is 1. The van der Waals surface area contributed by atoms with E-state index < -0.39 is 0 Å². The molecular formula is C21H24N4O3S. The topological polar surface area (TPSA) is 85.2 Å². The Morgan fingerprint density at radius 2 is 2.00 bits per heavy atom. The summed E-state index contributed by atoms with van der Waals surface area (Å²) in [6.45, 7) is 2.36. The van der Waals surface area contributed by atoms with E-state index in [1.54, 1.807) is 17.5 Å². The number of para-hydroxylation sites is 1. The van der Waals surface area contributed by atoms with E-state index in [0.717, 1.165) is 12.2 Å². The molecule has 1 aromatic carbocycles. The lowest BCUT2D eigenvalue weighted by Gasteiger charge is -2.12. The first-order valence-corrected chi connectivity index (χ1v) is 10.3. The molecular weight excluding hydrogens is 388 g/mol. The molecule has 0 saturated heterocycles. The fourth-order valence-electron chi connectivity index (χ4n) is 2.77. The first-order valence-electron chi connectivity index (χ1n) is 9.40. The maximum absolute atomic E-state index is 12.2. The quantitative estimate of drug-likeness (QED) is 0.536. The SMILES string of the molecule is C[C@@H](Cc1cccs1)NC(=O)Cn1cc(NC(=O)CCOc2ccccc2)cn1. The van der Waals surface area contributed by atoms with Gasteiger partial charge in [0.25, 0.3) is 0 Å². The predicted octanol–water partition coefficient (Wildman–Crippen LogP) is 3.10. The fourth-order valence-corrected chi connectivity index (χ4v) is 3.60. The molecule has 0 aliphatic carbocycles. The third kappa shape index (κ3) is 7.08. The van der Waals surface area contributed by atoms with E-state index in [1.165, 1.54) is 15.8 Å². The van der Waals surface area contributed by atoms with Gasteiger partial charge >= 0.3 is 0 Å². The van der Waals surface area contributed by atoms with E-state index in [0.29, 0.717) is 5.69 Å². The number of hydrogen-bond donors (Lipinski definition) is 2. The van der Waals surface area contributed by atoms with Crippen LogP contribution in [0.4, 0.5) is 5.69 Å². The molecule has 0 aliphatic heterocycles. The van der Waals surface area contributed by atoms with Crippen molar-refractivity contribution < 1.29 is 14.3 Å². The van der Waals surface area contributed by atoms with Gasteiger partial charge < -0.3 is 15.4 Å². The molecule has 0 bridgehead atoms. The highest BCUT2D eigenvalue weighted by Crippen LogP contribution is 2.11. The highest BCUT2D eigenvalue weighted by atomic mass is 32.1. The predicted molar refractivity (Wildman–Crippen MR) is 113 cm³/mol. The molecule has 2 aromatic heterocycles. The zero-order valence-electron chi connectivity index (χ0n) is 16.2. The Balaban J connectivity index is 1.38. The molecule has 0 fully saturated rings. The number of hydrogen-bond acceptors (Lipinski definition) is 5. The molecule has 0 unspecified atom stereocenters. The molecule has 8 heteroatoms. The van der Waals surface area contributed by atoms with Crippen molar-refractivity contribution in [3.05, 3.63) is 65.1 Å². The Hall–Kier alpha value is -3.13. The normalized spacial score (nSPS) is 11.6. The molecule has 2 N–H and O–H groups in total. The lowest BCUT2D eigenvalue weighted by Crippen LogP contribution is -2.36. The minimum atomic E-state index is -0.172. The number of ether oxygens (including phenoxy) is 1. The summed E-state index contributed by atoms with van der Waals surface area (Å²) in [6, 6.07) is 13.4. The van der Waals surface area contributed by atoms with Crippen LogP contribution >= 0.6 is 11.3 Å². The molecule has 2 heterocycles. The minimum absolute atomic E-state index is 0.0421. The van der Waals surface area contributed by atoms with Gasteiger partial charge in [-0.3, -0.25) is 14.3 Å². The minimum Gasteiger partial charge on any atom is -0.493 e. The highest BCUT2D eigenvalue weighted by Gasteiger charge is 2.11. The molecule has 3 rings (SSSR count). The van der Waals surface area contributed by atoms with Gasteiger partial charge in [0.2, 0.25) is 11.8 Å². The molecule has 3 aromatic rings. The number of thiophene rings is 1. The van der Waals surface area contributed by atoms with Gasteiger partial charge in [-0.05, 0) is 30.5 Å². The van der Waals surface area contributed by atoms with Crippen LogP contribution < -0.4 is 15.4 Å². The summed E-state index contributed by atoms with van der Waals surface area (Å²) in [5.74, 6) is 0.438. The number of carbonyl (C=O) groups is 2. The largest absolute Gasteiger partial charge is 0.493 e. The van der Waals surface area contributed by atoms with Crippen LogP contribution in [0.25, 0.3) is 0 Å². The van der Waals surface area contributed by atoms with E-state index >= 15 is 0 Å². The molecule has 0 radical (unpaired) electrons. The second-order valence-electron chi connectivity index (χ2n) is 6.64. The maximum atomic E-state index is 12.2. The van der Waals surface area contributed by atoms with Gasteiger partial charge in [0.05, 0.1) is 24.9 Å². The second kappa shape index (κ2) is 10.4. The average molecular weight is 413 g/mol. The van der Waals surface area contributed by atoms with Crippen molar-refractivity contribution in [2.24, 2.45) is 0 Å². The molecule has 0 aliphatic rings. The van der Waals surface area contributed by atoms with Crippen LogP contribution in [0.2, 0.25) is 0 Å². The van der Waals surface area contributed by atoms with Crippen LogP contribution in [0.3, 0.4) is 0 Å². The first kappa shape index (κ1) is 20.6. The van der Waals surface area contributed by atoms with Crippen molar-refractivity contribution in [2.75, 3.05) is 11.9 Å². The third-order valence-corrected chi connectivity index (χ3v) is 4.96. The fraction of sp³-hybridized carbons (Fsp3) is 0.286. The van der Waals surface area contributed by atoms with E-state index in [-0.39, 0.29) is 37.4 Å². The zero-order chi connectivity index (χ0) is 20.5. The summed E-state index contributed by atoms with van der Waals surface area (Å²) >= 11 is 1.68. The Bertz CT molecular complexity index is 909. The Kier molecular flexibility index (Phi) is 7.40. The maximum Gasteiger partial charge on any atom is 0.241 e. The van der Waals surface area contributed by atoms with E-state index in [1.807, 2.05) is 48.7 Å². The average Bonchev–Trinajstić information content (AvgIpc) is 3.34. The van der Waals surface area contributed by atoms with Gasteiger partial charge in [0.15, 0.2) is 0 Å². The van der Waals surface area contributed by atoms with Crippen LogP contribution in [0, 0.1) is 0 Å². The number of rotatable bonds is 10. The molecule has 0 saturated carbocycles. The summed E-state index contributed by atoms with van der Waals surface area (Å²) in [5, 5.41) is 11.9. The number of nitrogens with zero attached hydrogens (tertiary/aromatic N) is 2. The van der Waals surface area contributed by atoms with Crippen molar-refractivity contribution in [2.45, 2.75) is 32.4 Å². The van der Waals surface area contributed by atoms with Crippen molar-refractivity contribution in [1.82, 2.24) is 15.1 Å². The summed E-state index contributed by atoms with van der Waals surface area (Å²) in [4.78, 5) is 25.4. The number of carbonyl (C=O) groups excluding carboxylic acids is 2. The molecule has 1 atom stereocenters. The molecule has 0 spiro atoms. The van der Waals surface area contributed by atoms with E-state index in [9.17, 15) is 9.59 Å². The lowest BCUT2D eigenvalue weighted by molar-refractivity contribution is -0.122. The number of aromatic nitrogens is 2. The van der Waals surface area contributed by atoms with Gasteiger partial charge in [0, 0.05) is 23.5 Å². The standard InChI is InChI=1S/C21H24N4O3S/c1-16(12-19-8-5-11-29-19)23-21(27)15-25-14-17(13-22-25)24-20(26)9-10-28-18-6-3-2-4-7-18/h2-8,11,13-14,16H,9-10,12,15H2,1H3,(H,23,27)(H,24,26)/t16-/m0/s1. The van der Waals surface area contributed by atoms with Crippen LogP contribution in [0.5, 0.6) is 5.75 Å². The Labute approximate surface area is 173 Å². The van der Waals surface area contributed by atoms with Crippen LogP contribution in [-0.4, -0.2) is 34.2 Å². The van der Waals surface area contributed by atoms with Gasteiger partial charge in [-0.25, -0.2) is 0 Å². The highest BCUT2D eigenvalue weighted by molar-refractivity contribution is 7.09. The number of amides is 2. The Morgan fingerprint density at radius 1 is 1.17 bits per heavy atom. The van der Waals surface area contributed by atoms with Gasteiger partial charge in [-0.2, -0.15) is 5.10 Å². The summed E-state index contributed by atoms with van der Waals surface area (Å²) in [7, 11) is 0. The van der Waals surface area contributed by atoms with Crippen molar-refractivity contribution in [3.8, 4) is 5.75 Å². The van der Waals surface area contributed by atoms with Gasteiger partial charge in [-0.15, -0.1) is 11.3 Å². The second-order valence-corrected chi connectivity index (χ2v) is 7.67. The third-order valence-electron chi connectivity index (χ3n) is 4.06. The smallest absolute Gasteiger partial charge is 0.241 e. The van der Waals surface area contributed by atoms with Gasteiger partial charge in [0.1, 0.15) is 12.3 Å². The molecule has 152 valence electrons. The van der Waals surface area contributed by atoms with Crippen LogP contribution in [0.1, 0.15) is 18.2 Å². The zero-order valence-corrected chi connectivity index (χ0v) is 17.0. The number of benzene rings is 1. The van der Waals surface area contributed by atoms with E-state index in [2.05, 4.69) is 21.8 Å². The van der Waals surface area contributed by atoms with Crippen LogP contribution in [0.15, 0.2) is 60.2 Å². The van der Waals surface area contributed by atoms with Crippen molar-refractivity contribution in [3.63, 3.8) is 0 Å². The van der Waals surface area contributed by atoms with Crippen molar-refractivity contribution >= 4 is 28.8 Å². The monoisotopic (exact) mass is 412 g/mol. The van der Waals surface area contributed by atoms with Crippen LogP contribution in [-0.2, 0) is 22.6 Å². The Morgan fingerprint density at radius 3 is 2.76 bits per heavy atom. The number of nitrogens with one attached hydrogen (secondary N) is 2. The lowest BCUT2D eigenvalue weighted by atomic mass is 10.2. The summed E-state index contributed by atoms with van der Waals surface area (Å²) < 4.78 is 7.02. The molecule has 2 amide bonds. The van der Waals surface area contributed by atoms with Crippen molar-refractivity contribution in [1.29, 1.82) is 0 Å². The molecule has 29 heavy (non-hydrogen) atoms. The molecule has 7 nitrogen and oxygen atoms in total. The van der Waals surface area contributed by atoms with Gasteiger partial charge in [-0.1, -0.05) is 24.3 Å². The first-order chi connectivity index (χ1) is 14.1. The summed E-state index contributed by atoms with van der Waals surface area (Å²) in [5.41, 5.74) is 0.550. The van der Waals surface area contributed by atoms with E-state index in [4.69, 9.17) is 4.74 Å². The summed E-state index contributed by atoms with van der Waals surface area (Å²) in [6.07, 6.45) is 4.19.